The molecule has 106 valence electrons. The third-order valence-corrected chi connectivity index (χ3v) is 2.60. The fourth-order valence-corrected chi connectivity index (χ4v) is 1.73. The maximum absolute atomic E-state index is 13.4. The molecule has 20 heavy (non-hydrogen) atoms. The maximum atomic E-state index is 13.4. The summed E-state index contributed by atoms with van der Waals surface area (Å²) in [5.41, 5.74) is -2.09. The Hall–Kier alpha value is -1.87. The summed E-state index contributed by atoms with van der Waals surface area (Å²) in [6, 6.07) is 0. The average Bonchev–Trinajstić information content (AvgIpc) is 2.39. The molecular formula is C10BF9. The van der Waals surface area contributed by atoms with Gasteiger partial charge in [-0.2, -0.15) is 0 Å². The largest absolute Gasteiger partial charge is 0.575 e. The molecule has 0 aliphatic rings. The first-order valence-electron chi connectivity index (χ1n) is 4.80. The van der Waals surface area contributed by atoms with Gasteiger partial charge in [-0.25, -0.2) is 30.7 Å². The van der Waals surface area contributed by atoms with E-state index >= 15 is 0 Å². The lowest BCUT2D eigenvalue weighted by Gasteiger charge is -2.11. The molecular weight excluding hydrogens is 302 g/mol. The van der Waals surface area contributed by atoms with E-state index in [9.17, 15) is 39.4 Å². The first-order chi connectivity index (χ1) is 9.20. The summed E-state index contributed by atoms with van der Waals surface area (Å²) in [5.74, 6) is -17.4. The fraction of sp³-hybridized carbons (Fsp3) is 0. The van der Waals surface area contributed by atoms with Gasteiger partial charge in [0.1, 0.15) is 0 Å². The van der Waals surface area contributed by atoms with E-state index in [2.05, 4.69) is 0 Å². The van der Waals surface area contributed by atoms with Crippen LogP contribution < -0.4 is 5.46 Å². The molecule has 0 saturated heterocycles. The van der Waals surface area contributed by atoms with E-state index in [4.69, 9.17) is 0 Å². The summed E-state index contributed by atoms with van der Waals surface area (Å²) in [6.07, 6.45) is 0. The zero-order valence-corrected chi connectivity index (χ0v) is 8.98. The topological polar surface area (TPSA) is 0 Å². The van der Waals surface area contributed by atoms with E-state index < -0.39 is 64.2 Å². The van der Waals surface area contributed by atoms with Gasteiger partial charge in [-0.05, 0) is 0 Å². The second-order valence-electron chi connectivity index (χ2n) is 3.66. The van der Waals surface area contributed by atoms with Crippen molar-refractivity contribution in [2.24, 2.45) is 0 Å². The molecule has 0 spiro atoms. The van der Waals surface area contributed by atoms with E-state index in [-0.39, 0.29) is 0 Å². The van der Waals surface area contributed by atoms with E-state index in [1.807, 2.05) is 0 Å². The van der Waals surface area contributed by atoms with E-state index in [1.54, 1.807) is 0 Å². The van der Waals surface area contributed by atoms with Crippen LogP contribution >= 0.6 is 0 Å². The smallest absolute Gasteiger partial charge is 0.281 e. The molecule has 0 aromatic heterocycles. The number of rotatable bonds is 1. The molecule has 0 atom stereocenters. The standard InChI is InChI=1S/C10BF9/c12-4-1-2(6(14)10(18)9(4)17)5(13)8(16)7(15)3(1)11(19)20. The van der Waals surface area contributed by atoms with Gasteiger partial charge in [0.05, 0.1) is 5.39 Å². The Morgan fingerprint density at radius 2 is 0.800 bits per heavy atom. The zero-order chi connectivity index (χ0) is 15.4. The Morgan fingerprint density at radius 1 is 0.450 bits per heavy atom. The van der Waals surface area contributed by atoms with Gasteiger partial charge in [0.15, 0.2) is 40.7 Å². The third-order valence-electron chi connectivity index (χ3n) is 2.60. The molecule has 0 amide bonds. The number of fused-ring (bicyclic) bond motifs is 1. The number of hydrogen-bond donors (Lipinski definition) is 0. The normalized spacial score (nSPS) is 11.2. The van der Waals surface area contributed by atoms with Gasteiger partial charge in [0, 0.05) is 10.8 Å². The Bertz CT molecular complexity index is 717. The van der Waals surface area contributed by atoms with Crippen LogP contribution in [0.4, 0.5) is 39.4 Å². The molecule has 2 aromatic rings. The lowest BCUT2D eigenvalue weighted by atomic mass is 9.80. The van der Waals surface area contributed by atoms with Crippen LogP contribution in [0, 0.1) is 40.7 Å². The SMILES string of the molecule is FB(F)c1c(F)c(F)c(F)c2c(F)c(F)c(F)c(F)c12. The van der Waals surface area contributed by atoms with Crippen LogP contribution in [0.5, 0.6) is 0 Å². The maximum Gasteiger partial charge on any atom is 0.575 e. The number of hydrogen-bond acceptors (Lipinski definition) is 0. The summed E-state index contributed by atoms with van der Waals surface area (Å²) >= 11 is 0. The van der Waals surface area contributed by atoms with Gasteiger partial charge < -0.3 is 0 Å². The summed E-state index contributed by atoms with van der Waals surface area (Å²) in [4.78, 5) is 0. The Kier molecular flexibility index (Phi) is 3.35. The zero-order valence-electron chi connectivity index (χ0n) is 8.98. The van der Waals surface area contributed by atoms with Crippen molar-refractivity contribution in [1.82, 2.24) is 0 Å². The Labute approximate surface area is 105 Å². The van der Waals surface area contributed by atoms with Crippen molar-refractivity contribution in [3.8, 4) is 0 Å². The van der Waals surface area contributed by atoms with Crippen molar-refractivity contribution in [2.75, 3.05) is 0 Å². The van der Waals surface area contributed by atoms with Gasteiger partial charge in [0.2, 0.25) is 0 Å². The first-order valence-corrected chi connectivity index (χ1v) is 4.80. The monoisotopic (exact) mass is 302 g/mol. The van der Waals surface area contributed by atoms with Gasteiger partial charge in [-0.3, -0.25) is 8.63 Å². The van der Waals surface area contributed by atoms with Crippen LogP contribution in [-0.2, 0) is 0 Å². The van der Waals surface area contributed by atoms with E-state index in [1.165, 1.54) is 0 Å². The van der Waals surface area contributed by atoms with Gasteiger partial charge in [0.25, 0.3) is 0 Å². The lowest BCUT2D eigenvalue weighted by Crippen LogP contribution is -2.29. The first kappa shape index (κ1) is 14.5. The van der Waals surface area contributed by atoms with Crippen LogP contribution in [0.3, 0.4) is 0 Å². The quantitative estimate of drug-likeness (QED) is 0.328. The van der Waals surface area contributed by atoms with Crippen molar-refractivity contribution in [1.29, 1.82) is 0 Å². The number of benzene rings is 2. The highest BCUT2D eigenvalue weighted by Crippen LogP contribution is 2.30. The molecule has 0 fully saturated rings. The minimum atomic E-state index is -3.91. The van der Waals surface area contributed by atoms with Crippen molar-refractivity contribution in [3.05, 3.63) is 40.7 Å². The third kappa shape index (κ3) is 1.74. The van der Waals surface area contributed by atoms with E-state index in [0.717, 1.165) is 0 Å². The van der Waals surface area contributed by atoms with E-state index in [0.29, 0.717) is 0 Å². The summed E-state index contributed by atoms with van der Waals surface area (Å²) in [7, 11) is -3.91. The fourth-order valence-electron chi connectivity index (χ4n) is 1.73. The van der Waals surface area contributed by atoms with Crippen molar-refractivity contribution in [3.63, 3.8) is 0 Å². The molecule has 0 nitrogen and oxygen atoms in total. The Balaban J connectivity index is 3.22. The molecule has 0 heterocycles. The van der Waals surface area contributed by atoms with Crippen molar-refractivity contribution >= 4 is 23.5 Å². The summed E-state index contributed by atoms with van der Waals surface area (Å²) in [6.45, 7) is 0. The molecule has 2 rings (SSSR count). The van der Waals surface area contributed by atoms with Crippen LogP contribution in [-0.4, -0.2) is 7.27 Å². The molecule has 0 radical (unpaired) electrons. The second-order valence-corrected chi connectivity index (χ2v) is 3.66. The number of halogens is 9. The molecule has 10 heteroatoms. The second kappa shape index (κ2) is 4.60. The lowest BCUT2D eigenvalue weighted by molar-refractivity contribution is 0.411. The predicted octanol–water partition coefficient (Wildman–Crippen LogP) is 3.45. The van der Waals surface area contributed by atoms with Crippen molar-refractivity contribution < 1.29 is 39.4 Å². The average molecular weight is 302 g/mol. The highest BCUT2D eigenvalue weighted by Gasteiger charge is 2.35. The molecule has 0 aliphatic heterocycles. The molecule has 0 unspecified atom stereocenters. The molecule has 0 aliphatic carbocycles. The van der Waals surface area contributed by atoms with Gasteiger partial charge >= 0.3 is 7.27 Å². The molecule has 2 aromatic carbocycles. The van der Waals surface area contributed by atoms with Crippen LogP contribution in [0.15, 0.2) is 0 Å². The minimum absolute atomic E-state index is 1.88. The van der Waals surface area contributed by atoms with Crippen LogP contribution in [0.2, 0.25) is 0 Å². The highest BCUT2D eigenvalue weighted by molar-refractivity contribution is 6.63. The van der Waals surface area contributed by atoms with Gasteiger partial charge in [-0.1, -0.05) is 0 Å². The highest BCUT2D eigenvalue weighted by atomic mass is 19.2. The minimum Gasteiger partial charge on any atom is -0.281 e. The van der Waals surface area contributed by atoms with Crippen LogP contribution in [0.1, 0.15) is 0 Å². The molecule has 0 bridgehead atoms. The molecule has 0 saturated carbocycles. The van der Waals surface area contributed by atoms with Crippen molar-refractivity contribution in [2.45, 2.75) is 0 Å². The summed E-state index contributed by atoms with van der Waals surface area (Å²) in [5, 5.41) is -3.80. The van der Waals surface area contributed by atoms with Gasteiger partial charge in [-0.15, -0.1) is 0 Å². The van der Waals surface area contributed by atoms with Crippen LogP contribution in [0.25, 0.3) is 10.8 Å². The Morgan fingerprint density at radius 3 is 1.20 bits per heavy atom. The summed E-state index contributed by atoms with van der Waals surface area (Å²) < 4.78 is 117. The predicted molar refractivity (Wildman–Crippen MR) is 51.3 cm³/mol. The molecule has 0 N–H and O–H groups in total.